The van der Waals surface area contributed by atoms with Crippen LogP contribution in [0.5, 0.6) is 0 Å². The van der Waals surface area contributed by atoms with Gasteiger partial charge in [0.05, 0.1) is 0 Å². The zero-order valence-electron chi connectivity index (χ0n) is 15.9. The first kappa shape index (κ1) is 16.8. The molecule has 3 aromatic carbocycles. The summed E-state index contributed by atoms with van der Waals surface area (Å²) < 4.78 is 5.00. The second-order valence-corrected chi connectivity index (χ2v) is 11.5. The van der Waals surface area contributed by atoms with E-state index >= 15 is 0 Å². The maximum absolute atomic E-state index is 2.61. The molecule has 0 amide bonds. The Bertz CT molecular complexity index is 1080. The van der Waals surface area contributed by atoms with Crippen molar-refractivity contribution in [3.63, 3.8) is 0 Å². The number of aromatic nitrogens is 2. The van der Waals surface area contributed by atoms with Crippen LogP contribution in [0.4, 0.5) is 0 Å². The molecule has 0 saturated heterocycles. The number of nitrogens with zero attached hydrogens (tertiary/aromatic N) is 2. The molecule has 0 aliphatic carbocycles. The second kappa shape index (κ2) is 6.26. The zero-order valence-corrected chi connectivity index (χ0v) is 16.9. The van der Waals surface area contributed by atoms with Gasteiger partial charge < -0.3 is 0 Å². The van der Waals surface area contributed by atoms with Crippen LogP contribution in [0.1, 0.15) is 11.4 Å². The fraction of sp³-hybridized carbons (Fsp3) is 0.174. The third kappa shape index (κ3) is 2.51. The molecule has 0 spiro atoms. The first-order valence-corrected chi connectivity index (χ1v) is 12.1. The summed E-state index contributed by atoms with van der Waals surface area (Å²) in [5.74, 6) is 1.29. The Morgan fingerprint density at radius 2 is 1.35 bits per heavy atom. The summed E-state index contributed by atoms with van der Waals surface area (Å²) in [6, 6.07) is 28.3. The first-order valence-electron chi connectivity index (χ1n) is 9.16. The molecule has 0 fully saturated rings. The molecule has 0 aliphatic heterocycles. The van der Waals surface area contributed by atoms with Gasteiger partial charge in [-0.1, -0.05) is 54.6 Å². The number of fused-ring (bicyclic) bond motifs is 1. The molecule has 130 valence electrons. The SMILES string of the molecule is Cc1ccccc1[Si](C)(C)[n+]1c(C)n(-c2ccccc2)c2ccccc21. The Kier molecular flexibility index (Phi) is 4.04. The lowest BCUT2D eigenvalue weighted by Gasteiger charge is -2.22. The zero-order chi connectivity index (χ0) is 18.3. The van der Waals surface area contributed by atoms with Crippen LogP contribution in [0, 0.1) is 13.8 Å². The highest BCUT2D eigenvalue weighted by Crippen LogP contribution is 2.22. The highest BCUT2D eigenvalue weighted by Gasteiger charge is 2.39. The van der Waals surface area contributed by atoms with E-state index in [0.717, 1.165) is 0 Å². The number of para-hydroxylation sites is 3. The monoisotopic (exact) mass is 357 g/mol. The fourth-order valence-electron chi connectivity index (χ4n) is 4.28. The Labute approximate surface area is 156 Å². The molecule has 0 aliphatic rings. The predicted molar refractivity (Wildman–Crippen MR) is 112 cm³/mol. The predicted octanol–water partition coefficient (Wildman–Crippen LogP) is 4.50. The average molecular weight is 358 g/mol. The maximum atomic E-state index is 2.61. The van der Waals surface area contributed by atoms with Crippen LogP contribution in [0.25, 0.3) is 16.7 Å². The highest BCUT2D eigenvalue weighted by molar-refractivity contribution is 6.83. The van der Waals surface area contributed by atoms with E-state index in [1.807, 2.05) is 0 Å². The minimum Gasteiger partial charge on any atom is -0.274 e. The van der Waals surface area contributed by atoms with E-state index in [2.05, 4.69) is 115 Å². The van der Waals surface area contributed by atoms with E-state index in [4.69, 9.17) is 0 Å². The summed E-state index contributed by atoms with van der Waals surface area (Å²) in [5, 5.41) is 1.49. The maximum Gasteiger partial charge on any atom is 0.293 e. The fourth-order valence-corrected chi connectivity index (χ4v) is 7.77. The molecule has 1 heterocycles. The van der Waals surface area contributed by atoms with Crippen LogP contribution < -0.4 is 9.42 Å². The Balaban J connectivity index is 2.06. The van der Waals surface area contributed by atoms with Crippen LogP contribution in [0.15, 0.2) is 78.9 Å². The lowest BCUT2D eigenvalue weighted by atomic mass is 10.2. The van der Waals surface area contributed by atoms with Gasteiger partial charge in [-0.3, -0.25) is 4.23 Å². The van der Waals surface area contributed by atoms with E-state index in [-0.39, 0.29) is 0 Å². The van der Waals surface area contributed by atoms with Crippen molar-refractivity contribution in [2.75, 3.05) is 0 Å². The van der Waals surface area contributed by atoms with E-state index in [1.165, 1.54) is 33.3 Å². The van der Waals surface area contributed by atoms with Crippen molar-refractivity contribution < 1.29 is 4.23 Å². The van der Waals surface area contributed by atoms with Crippen molar-refractivity contribution in [3.8, 4) is 5.69 Å². The van der Waals surface area contributed by atoms with Gasteiger partial charge in [0.1, 0.15) is 5.69 Å². The van der Waals surface area contributed by atoms with Gasteiger partial charge in [-0.15, -0.1) is 0 Å². The number of benzene rings is 3. The number of imidazole rings is 1. The quantitative estimate of drug-likeness (QED) is 0.478. The minimum atomic E-state index is -1.93. The average Bonchev–Trinajstić information content (AvgIpc) is 2.95. The first-order chi connectivity index (χ1) is 12.5. The summed E-state index contributed by atoms with van der Waals surface area (Å²) in [7, 11) is -1.93. The molecule has 0 radical (unpaired) electrons. The van der Waals surface area contributed by atoms with E-state index in [9.17, 15) is 0 Å². The summed E-state index contributed by atoms with van der Waals surface area (Å²) in [6.45, 7) is 9.38. The van der Waals surface area contributed by atoms with Crippen molar-refractivity contribution in [2.24, 2.45) is 0 Å². The summed E-state index contributed by atoms with van der Waals surface area (Å²) in [4.78, 5) is 0. The third-order valence-corrected chi connectivity index (χ3v) is 8.95. The number of aryl methyl sites for hydroxylation is 1. The molecule has 26 heavy (non-hydrogen) atoms. The molecule has 4 aromatic rings. The largest absolute Gasteiger partial charge is 0.293 e. The van der Waals surface area contributed by atoms with E-state index in [0.29, 0.717) is 0 Å². The third-order valence-electron chi connectivity index (χ3n) is 5.39. The van der Waals surface area contributed by atoms with Gasteiger partial charge in [0.15, 0.2) is 11.0 Å². The Morgan fingerprint density at radius 3 is 2.08 bits per heavy atom. The van der Waals surface area contributed by atoms with Crippen molar-refractivity contribution >= 4 is 24.5 Å². The molecule has 2 nitrogen and oxygen atoms in total. The molecule has 1 aromatic heterocycles. The van der Waals surface area contributed by atoms with Crippen LogP contribution in [0.3, 0.4) is 0 Å². The molecule has 0 atom stereocenters. The van der Waals surface area contributed by atoms with Gasteiger partial charge in [0.2, 0.25) is 5.82 Å². The van der Waals surface area contributed by atoms with Gasteiger partial charge in [-0.25, -0.2) is 0 Å². The molecule has 0 saturated carbocycles. The van der Waals surface area contributed by atoms with Gasteiger partial charge in [-0.05, 0) is 55.0 Å². The summed E-state index contributed by atoms with van der Waals surface area (Å²) in [5.41, 5.74) is 5.18. The van der Waals surface area contributed by atoms with E-state index < -0.39 is 8.24 Å². The molecule has 0 unspecified atom stereocenters. The molecule has 3 heteroatoms. The van der Waals surface area contributed by atoms with Gasteiger partial charge in [0.25, 0.3) is 8.24 Å². The van der Waals surface area contributed by atoms with Gasteiger partial charge in [0, 0.05) is 6.92 Å². The van der Waals surface area contributed by atoms with Crippen LogP contribution in [-0.4, -0.2) is 12.8 Å². The van der Waals surface area contributed by atoms with Crippen molar-refractivity contribution in [1.29, 1.82) is 0 Å². The Hall–Kier alpha value is -2.65. The van der Waals surface area contributed by atoms with Crippen molar-refractivity contribution in [2.45, 2.75) is 26.9 Å². The van der Waals surface area contributed by atoms with Crippen molar-refractivity contribution in [3.05, 3.63) is 90.3 Å². The highest BCUT2D eigenvalue weighted by atomic mass is 28.3. The number of hydrogen-bond donors (Lipinski definition) is 0. The Morgan fingerprint density at radius 1 is 0.731 bits per heavy atom. The topological polar surface area (TPSA) is 8.81 Å². The smallest absolute Gasteiger partial charge is 0.274 e. The van der Waals surface area contributed by atoms with Crippen LogP contribution in [-0.2, 0) is 0 Å². The lowest BCUT2D eigenvalue weighted by molar-refractivity contribution is -0.522. The minimum absolute atomic E-state index is 1.22. The van der Waals surface area contributed by atoms with E-state index in [1.54, 1.807) is 0 Å². The van der Waals surface area contributed by atoms with Crippen LogP contribution >= 0.6 is 0 Å². The lowest BCUT2D eigenvalue weighted by Crippen LogP contribution is -2.69. The summed E-state index contributed by atoms with van der Waals surface area (Å²) >= 11 is 0. The molecular weight excluding hydrogens is 332 g/mol. The van der Waals surface area contributed by atoms with Crippen LogP contribution in [0.2, 0.25) is 13.1 Å². The number of hydrogen-bond acceptors (Lipinski definition) is 0. The molecule has 0 bridgehead atoms. The van der Waals surface area contributed by atoms with Gasteiger partial charge >= 0.3 is 0 Å². The molecule has 4 rings (SSSR count). The normalized spacial score (nSPS) is 11.8. The van der Waals surface area contributed by atoms with Gasteiger partial charge in [-0.2, -0.15) is 4.57 Å². The second-order valence-electron chi connectivity index (χ2n) is 7.42. The molecular formula is C23H25N2Si+. The van der Waals surface area contributed by atoms with Crippen molar-refractivity contribution in [1.82, 2.24) is 4.57 Å². The standard InChI is InChI=1S/C23H25N2Si/c1-18-12-8-11-17-23(18)26(3,4)25-19(2)24(20-13-6-5-7-14-20)21-15-9-10-16-22(21)25/h5-17H,1-4H3/q+1. The summed E-state index contributed by atoms with van der Waals surface area (Å²) in [6.07, 6.45) is 0. The number of rotatable bonds is 3. The molecule has 0 N–H and O–H groups in total.